The maximum absolute atomic E-state index is 13.3. The van der Waals surface area contributed by atoms with Gasteiger partial charge in [0.05, 0.1) is 90.8 Å². The number of Topliss-reactive ketones (excluding diaryl/α,β-unsaturated/α-hetero) is 1. The van der Waals surface area contributed by atoms with E-state index in [-0.39, 0.29) is 66.6 Å². The van der Waals surface area contributed by atoms with Crippen LogP contribution in [0.1, 0.15) is 211 Å². The summed E-state index contributed by atoms with van der Waals surface area (Å²) in [6.07, 6.45) is 17.9. The molecule has 140 heavy (non-hydrogen) atoms. The van der Waals surface area contributed by atoms with E-state index in [2.05, 4.69) is 117 Å². The number of hydrogen-bond donors (Lipinski definition) is 8. The van der Waals surface area contributed by atoms with E-state index in [0.29, 0.717) is 155 Å². The summed E-state index contributed by atoms with van der Waals surface area (Å²) in [4.78, 5) is 163. The van der Waals surface area contributed by atoms with E-state index in [1.54, 1.807) is 48.8 Å². The normalized spacial score (nSPS) is 16.1. The minimum absolute atomic E-state index is 0.0539. The molecule has 0 spiro atoms. The number of carboxylic acid groups (broad SMARTS) is 2. The third kappa shape index (κ3) is 23.5. The topological polar surface area (TPSA) is 487 Å². The lowest BCUT2D eigenvalue weighted by atomic mass is 9.66. The van der Waals surface area contributed by atoms with Gasteiger partial charge in [0.25, 0.3) is 23.6 Å². The Hall–Kier alpha value is -14.6. The standard InChI is InChI=1S/C51H52N8O7.C30H30N6.C21H24N2O8.C5H10O2/c52-45-39(14-4-26-54-45)46-56-41-20-19-40(55-47(41)58(46)36-17-15-35(16-18-36)51(53)24-6-25-51)34-10-1-7-32(31-34)8-2-12-37(60)23-28-66-30-29-65-27-5-11-33-9-3-13-38-44(33)50(64)59(49(38)63)42-21-22-43(61)57-48(42)62;1-30(15-4-16-30)22-8-10-23(11-9-22)36-28(24-7-3-18-33-27(24)32)35-26-13-12-25(34-29(26)36)21-6-2-5-20(19-21)14-17-31;24-16-7-6-15(19(27)22-16)23-20(28)14-5-1-3-13(18(14)21(23)29)4-2-9-30-11-12-31-10-8-17(25)26;1-2-3-4-5(6)7/h1,3-4,7,9-10,13-20,26,31,42H,2,5-6,8,11-12,21-25,27-30,53H2,(H2,52,54)(H,57,61,62);2-3,5-13,18-19H,4,14-17,31H2,1H3,(H2,32,33);1,3,5,15H,2,4,6-12H2,(H,25,26)(H,22,24,27);2-4H2,1H3,(H,6,7). The number of anilines is 2. The number of nitrogens with two attached hydrogens (primary N) is 4. The Morgan fingerprint density at radius 1 is 0.450 bits per heavy atom. The number of imidazole rings is 2. The minimum atomic E-state index is -1.00. The average molecular weight is 1900 g/mol. The Morgan fingerprint density at radius 2 is 0.893 bits per heavy atom. The van der Waals surface area contributed by atoms with Crippen molar-refractivity contribution < 1.29 is 81.9 Å². The van der Waals surface area contributed by atoms with Crippen molar-refractivity contribution in [3.05, 3.63) is 250 Å². The highest BCUT2D eigenvalue weighted by Crippen LogP contribution is 2.45. The number of carbonyl (C=O) groups is 11. The molecule has 4 aliphatic heterocycles. The molecule has 10 heterocycles. The first-order chi connectivity index (χ1) is 67.8. The summed E-state index contributed by atoms with van der Waals surface area (Å²) in [5.41, 5.74) is 42.6. The van der Waals surface area contributed by atoms with E-state index in [1.165, 1.54) is 30.4 Å². The quantitative estimate of drug-likeness (QED) is 0.0131. The van der Waals surface area contributed by atoms with Crippen molar-refractivity contribution >= 4 is 98.9 Å². The van der Waals surface area contributed by atoms with E-state index in [1.807, 2.05) is 72.2 Å². The highest BCUT2D eigenvalue weighted by Gasteiger charge is 2.48. The van der Waals surface area contributed by atoms with Crippen LogP contribution in [0.25, 0.3) is 79.0 Å². The van der Waals surface area contributed by atoms with Crippen LogP contribution in [0.5, 0.6) is 0 Å². The fourth-order valence-corrected chi connectivity index (χ4v) is 18.3. The maximum Gasteiger partial charge on any atom is 0.305 e. The number of nitrogens with zero attached hydrogens (tertiary/aromatic N) is 10. The lowest BCUT2D eigenvalue weighted by Crippen LogP contribution is -2.54. The van der Waals surface area contributed by atoms with Crippen molar-refractivity contribution in [2.45, 2.75) is 185 Å². The summed E-state index contributed by atoms with van der Waals surface area (Å²) in [6, 6.07) is 57.6. The molecule has 12 aromatic rings. The number of aryl methyl sites for hydroxylation is 3. The second kappa shape index (κ2) is 46.2. The van der Waals surface area contributed by atoms with Crippen LogP contribution >= 0.6 is 0 Å². The van der Waals surface area contributed by atoms with Crippen molar-refractivity contribution in [2.24, 2.45) is 11.5 Å². The number of aliphatic carboxylic acids is 2. The molecular formula is C107H116N16O17. The van der Waals surface area contributed by atoms with Crippen LogP contribution in [-0.4, -0.2) is 196 Å². The molecule has 6 aliphatic rings. The zero-order valence-corrected chi connectivity index (χ0v) is 78.6. The first kappa shape index (κ1) is 99.9. The monoisotopic (exact) mass is 1900 g/mol. The number of pyridine rings is 4. The molecule has 18 rings (SSSR count). The number of unbranched alkanes of at least 4 members (excludes halogenated alkanes) is 1. The highest BCUT2D eigenvalue weighted by atomic mass is 16.5. The molecule has 2 unspecified atom stereocenters. The molecule has 726 valence electrons. The van der Waals surface area contributed by atoms with Crippen LogP contribution in [0.15, 0.2) is 194 Å². The summed E-state index contributed by atoms with van der Waals surface area (Å²) >= 11 is 0. The van der Waals surface area contributed by atoms with Gasteiger partial charge >= 0.3 is 11.9 Å². The Morgan fingerprint density at radius 3 is 1.31 bits per heavy atom. The third-order valence-electron chi connectivity index (χ3n) is 26.2. The molecule has 33 heteroatoms. The van der Waals surface area contributed by atoms with Gasteiger partial charge in [0.1, 0.15) is 40.5 Å². The minimum Gasteiger partial charge on any atom is -0.481 e. The van der Waals surface area contributed by atoms with Crippen molar-refractivity contribution in [1.29, 1.82) is 0 Å². The van der Waals surface area contributed by atoms with Crippen LogP contribution in [0.2, 0.25) is 0 Å². The third-order valence-corrected chi connectivity index (χ3v) is 26.2. The number of nitrogens with one attached hydrogen (secondary N) is 2. The van der Waals surface area contributed by atoms with Gasteiger partial charge in [0, 0.05) is 85.8 Å². The van der Waals surface area contributed by atoms with Gasteiger partial charge in [-0.25, -0.2) is 29.9 Å². The number of imide groups is 4. The molecule has 6 aromatic heterocycles. The van der Waals surface area contributed by atoms with Gasteiger partial charge in [-0.15, -0.1) is 0 Å². The van der Waals surface area contributed by atoms with E-state index in [0.717, 1.165) is 128 Å². The molecule has 8 amide bonds. The van der Waals surface area contributed by atoms with Gasteiger partial charge in [0.2, 0.25) is 23.6 Å². The summed E-state index contributed by atoms with van der Waals surface area (Å²) in [7, 11) is 0. The van der Waals surface area contributed by atoms with E-state index < -0.39 is 71.3 Å². The molecule has 0 bridgehead atoms. The fraction of sp³-hybridized carbons (Fsp3) is 0.355. The summed E-state index contributed by atoms with van der Waals surface area (Å²) < 4.78 is 26.1. The molecule has 2 saturated carbocycles. The van der Waals surface area contributed by atoms with Crippen molar-refractivity contribution in [3.8, 4) is 56.7 Å². The van der Waals surface area contributed by atoms with Crippen LogP contribution in [0.4, 0.5) is 11.6 Å². The number of carbonyl (C=O) groups excluding carboxylic acids is 9. The molecular weight excluding hydrogens is 1780 g/mol. The maximum atomic E-state index is 13.3. The van der Waals surface area contributed by atoms with Gasteiger partial charge in [-0.1, -0.05) is 112 Å². The SMILES string of the molecule is CC1(c2ccc(-n3c(-c4cccnc4N)nc4ccc(-c5cccc(CCN)c5)nc43)cc2)CCC1.CCCCC(=O)O.Nc1ncccc1-c1nc2ccc(-c3cccc(CCCC(=O)CCOCCOCCCc4cccc5c4C(=O)N(C4CCC(=O)NC4=O)C5=O)c3)nc2n1-c1ccc(C2(N)CCC2)cc1.O=C(O)CCOCCOCCCc1cccc2c1C(=O)N(C1CCC(=O)NC1=O)C2=O. The zero-order valence-electron chi connectivity index (χ0n) is 78.6. The number of benzene rings is 6. The second-order valence-electron chi connectivity index (χ2n) is 36.0. The van der Waals surface area contributed by atoms with E-state index in [4.69, 9.17) is 72.0 Å². The van der Waals surface area contributed by atoms with Gasteiger partial charge in [-0.2, -0.15) is 0 Å². The number of hydrogen-bond acceptors (Lipinski definition) is 25. The molecule has 12 N–H and O–H groups in total. The zero-order chi connectivity index (χ0) is 98.6. The number of aromatic nitrogens is 8. The number of piperidine rings is 2. The van der Waals surface area contributed by atoms with E-state index >= 15 is 0 Å². The van der Waals surface area contributed by atoms with Crippen LogP contribution in [0, 0.1) is 0 Å². The summed E-state index contributed by atoms with van der Waals surface area (Å²) in [6.45, 7) is 7.53. The van der Waals surface area contributed by atoms with Crippen molar-refractivity contribution in [1.82, 2.24) is 59.5 Å². The number of amides is 8. The number of fused-ring (bicyclic) bond motifs is 4. The number of rotatable bonds is 39. The first-order valence-electron chi connectivity index (χ1n) is 47.8. The van der Waals surface area contributed by atoms with Crippen LogP contribution in [-0.2, 0) is 89.1 Å². The Balaban J connectivity index is 0.000000168. The van der Waals surface area contributed by atoms with Gasteiger partial charge in [-0.05, 0) is 239 Å². The van der Waals surface area contributed by atoms with Crippen LogP contribution < -0.4 is 33.6 Å². The molecule has 33 nitrogen and oxygen atoms in total. The predicted molar refractivity (Wildman–Crippen MR) is 526 cm³/mol. The second-order valence-corrected chi connectivity index (χ2v) is 36.0. The highest BCUT2D eigenvalue weighted by molar-refractivity contribution is 6.25. The Labute approximate surface area is 809 Å². The lowest BCUT2D eigenvalue weighted by Gasteiger charge is -2.39. The Kier molecular flexibility index (Phi) is 33.0. The van der Waals surface area contributed by atoms with Gasteiger partial charge in [0.15, 0.2) is 22.9 Å². The number of ketones is 1. The molecule has 2 atom stereocenters. The molecule has 6 aromatic carbocycles. The number of carboxylic acids is 2. The smallest absolute Gasteiger partial charge is 0.305 e. The van der Waals surface area contributed by atoms with Crippen LogP contribution in [0.3, 0.4) is 0 Å². The lowest BCUT2D eigenvalue weighted by molar-refractivity contribution is -0.139. The first-order valence-corrected chi connectivity index (χ1v) is 47.8. The molecule has 0 radical (unpaired) electrons. The van der Waals surface area contributed by atoms with Gasteiger partial charge < -0.3 is 52.1 Å². The summed E-state index contributed by atoms with van der Waals surface area (Å²) in [5, 5.41) is 21.0. The summed E-state index contributed by atoms with van der Waals surface area (Å²) in [5.74, 6) is -3.41. The molecule has 2 saturated heterocycles. The largest absolute Gasteiger partial charge is 0.481 e. The molecule has 2 aliphatic carbocycles. The molecule has 4 fully saturated rings. The fourth-order valence-electron chi connectivity index (χ4n) is 18.3. The Bertz CT molecular complexity index is 6610. The van der Waals surface area contributed by atoms with E-state index in [9.17, 15) is 52.7 Å². The van der Waals surface area contributed by atoms with Crippen molar-refractivity contribution in [2.75, 3.05) is 70.9 Å². The number of nitrogen functional groups attached to an aromatic ring is 2. The van der Waals surface area contributed by atoms with Gasteiger partial charge in [-0.3, -0.25) is 82.3 Å². The average Bonchev–Trinajstić information content (AvgIpc) is 1.59. The number of ether oxygens (including phenoxy) is 4. The predicted octanol–water partition coefficient (Wildman–Crippen LogP) is 13.9. The van der Waals surface area contributed by atoms with Crippen molar-refractivity contribution in [3.63, 3.8) is 0 Å².